The minimum atomic E-state index is -0.209. The van der Waals surface area contributed by atoms with Gasteiger partial charge in [-0.3, -0.25) is 9.48 Å². The summed E-state index contributed by atoms with van der Waals surface area (Å²) in [4.78, 5) is 20.7. The number of carbonyl (C=O) groups is 1. The van der Waals surface area contributed by atoms with E-state index >= 15 is 0 Å². The van der Waals surface area contributed by atoms with Crippen LogP contribution in [0.1, 0.15) is 6.92 Å². The maximum atomic E-state index is 12.0. The normalized spacial score (nSPS) is 11.2. The molecule has 8 nitrogen and oxygen atoms in total. The molecule has 0 bridgehead atoms. The lowest BCUT2D eigenvalue weighted by Crippen LogP contribution is -2.11. The number of nitrogens with zero attached hydrogens (tertiary/aromatic N) is 5. The second-order valence-electron chi connectivity index (χ2n) is 8.13. The van der Waals surface area contributed by atoms with Gasteiger partial charge in [0.05, 0.1) is 16.6 Å². The second kappa shape index (κ2) is 7.59. The summed E-state index contributed by atoms with van der Waals surface area (Å²) in [7, 11) is 3.87. The summed E-state index contributed by atoms with van der Waals surface area (Å²) >= 11 is 0. The van der Waals surface area contributed by atoms with Gasteiger partial charge in [-0.2, -0.15) is 5.10 Å². The molecular formula is C25H23N7O. The smallest absolute Gasteiger partial charge is 0.250 e. The van der Waals surface area contributed by atoms with Crippen LogP contribution in [0.4, 0.5) is 11.5 Å². The van der Waals surface area contributed by atoms with Crippen molar-refractivity contribution in [3.8, 4) is 22.4 Å². The minimum Gasteiger partial charge on any atom is -0.383 e. The van der Waals surface area contributed by atoms with Crippen molar-refractivity contribution in [1.29, 1.82) is 0 Å². The molecule has 5 rings (SSSR count). The molecule has 2 aromatic carbocycles. The van der Waals surface area contributed by atoms with Gasteiger partial charge >= 0.3 is 0 Å². The molecule has 0 spiro atoms. The maximum Gasteiger partial charge on any atom is 0.250 e. The summed E-state index contributed by atoms with van der Waals surface area (Å²) in [6.07, 6.45) is 3.46. The molecule has 0 radical (unpaired) electrons. The van der Waals surface area contributed by atoms with E-state index in [2.05, 4.69) is 45.2 Å². The standard InChI is InChI=1S/C25H23N7O/c1-14(2)25(33)29-18-9-7-15(8-10-18)22-20(21-23(26)27-13-28-24(21)32(22)4)16-5-6-17-12-31(3)30-19(17)11-16/h5-13H,1H2,2-4H3,(H,29,33)(H2,26,27,28). The van der Waals surface area contributed by atoms with Gasteiger partial charge in [-0.25, -0.2) is 9.97 Å². The van der Waals surface area contributed by atoms with Crippen LogP contribution in [0, 0.1) is 0 Å². The number of aromatic nitrogens is 5. The number of carbonyl (C=O) groups excluding carboxylic acids is 1. The second-order valence-corrected chi connectivity index (χ2v) is 8.13. The molecular weight excluding hydrogens is 414 g/mol. The molecule has 1 amide bonds. The Morgan fingerprint density at radius 1 is 1.06 bits per heavy atom. The molecule has 0 fully saturated rings. The molecule has 3 N–H and O–H groups in total. The SMILES string of the molecule is C=C(C)C(=O)Nc1ccc(-c2c(-c3ccc4cn(C)nc4c3)c3c(N)ncnc3n2C)cc1. The number of hydrogen-bond donors (Lipinski definition) is 2. The fraction of sp³-hybridized carbons (Fsp3) is 0.120. The highest BCUT2D eigenvalue weighted by molar-refractivity contribution is 6.09. The number of benzene rings is 2. The number of rotatable bonds is 4. The average Bonchev–Trinajstić information content (AvgIpc) is 3.31. The van der Waals surface area contributed by atoms with Gasteiger partial charge in [-0.1, -0.05) is 30.8 Å². The van der Waals surface area contributed by atoms with E-state index in [1.807, 2.05) is 49.1 Å². The first-order valence-corrected chi connectivity index (χ1v) is 10.4. The van der Waals surface area contributed by atoms with E-state index in [-0.39, 0.29) is 5.91 Å². The zero-order valence-corrected chi connectivity index (χ0v) is 18.6. The van der Waals surface area contributed by atoms with Crippen molar-refractivity contribution in [3.05, 3.63) is 67.1 Å². The van der Waals surface area contributed by atoms with Gasteiger partial charge in [-0.15, -0.1) is 0 Å². The zero-order valence-electron chi connectivity index (χ0n) is 18.6. The molecule has 8 heteroatoms. The van der Waals surface area contributed by atoms with E-state index in [4.69, 9.17) is 5.73 Å². The molecule has 164 valence electrons. The summed E-state index contributed by atoms with van der Waals surface area (Å²) in [6, 6.07) is 13.8. The van der Waals surface area contributed by atoms with E-state index in [1.54, 1.807) is 11.6 Å². The number of nitrogen functional groups attached to an aromatic ring is 1. The number of aryl methyl sites for hydroxylation is 2. The lowest BCUT2D eigenvalue weighted by atomic mass is 9.98. The van der Waals surface area contributed by atoms with E-state index in [0.29, 0.717) is 17.1 Å². The van der Waals surface area contributed by atoms with Gasteiger partial charge in [0.25, 0.3) is 5.91 Å². The molecule has 3 aromatic heterocycles. The number of anilines is 2. The lowest BCUT2D eigenvalue weighted by molar-refractivity contribution is -0.112. The Hall–Kier alpha value is -4.46. The predicted molar refractivity (Wildman–Crippen MR) is 132 cm³/mol. The summed E-state index contributed by atoms with van der Waals surface area (Å²) in [5, 5.41) is 9.26. The Labute approximate surface area is 190 Å². The predicted octanol–water partition coefficient (Wildman–Crippen LogP) is 4.29. The molecule has 0 aliphatic rings. The van der Waals surface area contributed by atoms with Crippen LogP contribution in [0.15, 0.2) is 67.1 Å². The van der Waals surface area contributed by atoms with Crippen LogP contribution in [-0.4, -0.2) is 30.2 Å². The Bertz CT molecular complexity index is 1560. The first-order chi connectivity index (χ1) is 15.8. The highest BCUT2D eigenvalue weighted by Crippen LogP contribution is 2.42. The molecule has 0 saturated carbocycles. The van der Waals surface area contributed by atoms with E-state index in [9.17, 15) is 4.79 Å². The zero-order chi connectivity index (χ0) is 23.3. The average molecular weight is 438 g/mol. The molecule has 3 heterocycles. The molecule has 0 saturated heterocycles. The van der Waals surface area contributed by atoms with Gasteiger partial charge in [0.1, 0.15) is 17.8 Å². The van der Waals surface area contributed by atoms with Crippen LogP contribution >= 0.6 is 0 Å². The van der Waals surface area contributed by atoms with Gasteiger partial charge in [0, 0.05) is 42.5 Å². The van der Waals surface area contributed by atoms with Gasteiger partial charge in [0.2, 0.25) is 0 Å². The van der Waals surface area contributed by atoms with Crippen LogP contribution in [0.3, 0.4) is 0 Å². The fourth-order valence-electron chi connectivity index (χ4n) is 4.14. The van der Waals surface area contributed by atoms with Crippen LogP contribution in [0.25, 0.3) is 44.3 Å². The van der Waals surface area contributed by atoms with Crippen LogP contribution in [-0.2, 0) is 18.9 Å². The van der Waals surface area contributed by atoms with E-state index in [0.717, 1.165) is 44.3 Å². The molecule has 0 aliphatic heterocycles. The third-order valence-electron chi connectivity index (χ3n) is 5.71. The van der Waals surface area contributed by atoms with Crippen molar-refractivity contribution in [3.63, 3.8) is 0 Å². The quantitative estimate of drug-likeness (QED) is 0.408. The summed E-state index contributed by atoms with van der Waals surface area (Å²) in [5.74, 6) is 0.211. The van der Waals surface area contributed by atoms with Crippen molar-refractivity contribution in [2.24, 2.45) is 14.1 Å². The molecule has 0 aliphatic carbocycles. The van der Waals surface area contributed by atoms with Gasteiger partial charge in [-0.05, 0) is 36.2 Å². The molecule has 0 atom stereocenters. The van der Waals surface area contributed by atoms with Crippen molar-refractivity contribution in [2.45, 2.75) is 6.92 Å². The van der Waals surface area contributed by atoms with E-state index in [1.165, 1.54) is 6.33 Å². The maximum absolute atomic E-state index is 12.0. The highest BCUT2D eigenvalue weighted by Gasteiger charge is 2.22. The highest BCUT2D eigenvalue weighted by atomic mass is 16.1. The Morgan fingerprint density at radius 2 is 1.79 bits per heavy atom. The first-order valence-electron chi connectivity index (χ1n) is 10.4. The van der Waals surface area contributed by atoms with E-state index < -0.39 is 0 Å². The number of fused-ring (bicyclic) bond motifs is 2. The Balaban J connectivity index is 1.72. The summed E-state index contributed by atoms with van der Waals surface area (Å²) in [5.41, 5.74) is 12.9. The third kappa shape index (κ3) is 3.41. The van der Waals surface area contributed by atoms with Crippen LogP contribution in [0.2, 0.25) is 0 Å². The monoisotopic (exact) mass is 437 g/mol. The van der Waals surface area contributed by atoms with Gasteiger partial charge < -0.3 is 15.6 Å². The number of hydrogen-bond acceptors (Lipinski definition) is 5. The fourth-order valence-corrected chi connectivity index (χ4v) is 4.14. The Kier molecular flexibility index (Phi) is 4.70. The first kappa shape index (κ1) is 20.4. The van der Waals surface area contributed by atoms with Crippen molar-refractivity contribution in [1.82, 2.24) is 24.3 Å². The van der Waals surface area contributed by atoms with Crippen LogP contribution in [0.5, 0.6) is 0 Å². The third-order valence-corrected chi connectivity index (χ3v) is 5.71. The number of nitrogens with one attached hydrogen (secondary N) is 1. The largest absolute Gasteiger partial charge is 0.383 e. The Morgan fingerprint density at radius 3 is 2.52 bits per heavy atom. The van der Waals surface area contributed by atoms with Crippen molar-refractivity contribution < 1.29 is 4.79 Å². The van der Waals surface area contributed by atoms with Crippen LogP contribution < -0.4 is 11.1 Å². The lowest BCUT2D eigenvalue weighted by Gasteiger charge is -2.11. The van der Waals surface area contributed by atoms with Gasteiger partial charge in [0.15, 0.2) is 0 Å². The summed E-state index contributed by atoms with van der Waals surface area (Å²) in [6.45, 7) is 5.36. The van der Waals surface area contributed by atoms with Crippen molar-refractivity contribution >= 4 is 39.3 Å². The molecule has 33 heavy (non-hydrogen) atoms. The number of amides is 1. The molecule has 0 unspecified atom stereocenters. The minimum absolute atomic E-state index is 0.209. The molecule has 5 aromatic rings. The summed E-state index contributed by atoms with van der Waals surface area (Å²) < 4.78 is 3.82. The topological polar surface area (TPSA) is 104 Å². The van der Waals surface area contributed by atoms with Crippen molar-refractivity contribution in [2.75, 3.05) is 11.1 Å². The number of nitrogens with two attached hydrogens (primary N) is 1.